The van der Waals surface area contributed by atoms with Crippen molar-refractivity contribution >= 4 is 23.1 Å². The third-order valence-electron chi connectivity index (χ3n) is 4.61. The molecule has 1 aliphatic heterocycles. The van der Waals surface area contributed by atoms with Gasteiger partial charge in [0, 0.05) is 37.3 Å². The molecule has 2 amide bonds. The van der Waals surface area contributed by atoms with E-state index in [0.717, 1.165) is 30.8 Å². The normalized spacial score (nSPS) is 17.2. The van der Waals surface area contributed by atoms with Crippen LogP contribution in [0, 0.1) is 5.82 Å². The minimum absolute atomic E-state index is 0.0146. The Labute approximate surface area is 157 Å². The highest BCUT2D eigenvalue weighted by molar-refractivity contribution is 7.11. The van der Waals surface area contributed by atoms with Crippen LogP contribution in [0.5, 0.6) is 0 Å². The smallest absolute Gasteiger partial charge is 0.317 e. The molecule has 1 fully saturated rings. The van der Waals surface area contributed by atoms with Crippen LogP contribution >= 0.6 is 11.3 Å². The molecule has 5 nitrogen and oxygen atoms in total. The number of para-hydroxylation sites is 1. The van der Waals surface area contributed by atoms with E-state index in [-0.39, 0.29) is 17.9 Å². The summed E-state index contributed by atoms with van der Waals surface area (Å²) in [5, 5.41) is 4.02. The molecule has 1 aromatic carbocycles. The fraction of sp³-hybridized carbons (Fsp3) is 0.474. The van der Waals surface area contributed by atoms with Crippen molar-refractivity contribution in [2.24, 2.45) is 0 Å². The van der Waals surface area contributed by atoms with E-state index in [4.69, 9.17) is 0 Å². The van der Waals surface area contributed by atoms with Gasteiger partial charge in [0.2, 0.25) is 0 Å². The van der Waals surface area contributed by atoms with Crippen molar-refractivity contribution in [3.8, 4) is 0 Å². The Morgan fingerprint density at radius 3 is 3.00 bits per heavy atom. The first-order valence-corrected chi connectivity index (χ1v) is 9.83. The van der Waals surface area contributed by atoms with E-state index >= 15 is 0 Å². The molecule has 0 unspecified atom stereocenters. The molecular formula is C19H25FN4OS. The van der Waals surface area contributed by atoms with Crippen LogP contribution in [0.2, 0.25) is 0 Å². The number of aryl methyl sites for hydroxylation is 1. The highest BCUT2D eigenvalue weighted by Crippen LogP contribution is 2.23. The van der Waals surface area contributed by atoms with Crippen LogP contribution in [0.4, 0.5) is 14.9 Å². The number of carbonyl (C=O) groups is 1. The molecule has 1 saturated heterocycles. The first kappa shape index (κ1) is 18.6. The van der Waals surface area contributed by atoms with Crippen molar-refractivity contribution in [3.63, 3.8) is 0 Å². The summed E-state index contributed by atoms with van der Waals surface area (Å²) in [6.45, 7) is 4.03. The number of benzene rings is 1. The third-order valence-corrected chi connectivity index (χ3v) is 5.74. The summed E-state index contributed by atoms with van der Waals surface area (Å²) in [5.41, 5.74) is 0.606. The van der Waals surface area contributed by atoms with Crippen molar-refractivity contribution in [2.45, 2.75) is 38.8 Å². The summed E-state index contributed by atoms with van der Waals surface area (Å²) < 4.78 is 14.0. The van der Waals surface area contributed by atoms with Gasteiger partial charge in [0.15, 0.2) is 0 Å². The molecule has 2 aromatic rings. The second-order valence-electron chi connectivity index (χ2n) is 6.62. The molecule has 2 heterocycles. The molecule has 7 heteroatoms. The lowest BCUT2D eigenvalue weighted by atomic mass is 10.0. The average Bonchev–Trinajstić information content (AvgIpc) is 3.10. The van der Waals surface area contributed by atoms with Crippen molar-refractivity contribution in [2.75, 3.05) is 25.0 Å². The van der Waals surface area contributed by atoms with Crippen LogP contribution < -0.4 is 10.2 Å². The van der Waals surface area contributed by atoms with Crippen molar-refractivity contribution in [1.29, 1.82) is 0 Å². The number of anilines is 1. The average molecular weight is 377 g/mol. The molecule has 0 bridgehead atoms. The van der Waals surface area contributed by atoms with Gasteiger partial charge in [-0.05, 0) is 31.4 Å². The van der Waals surface area contributed by atoms with Crippen LogP contribution in [-0.2, 0) is 13.0 Å². The van der Waals surface area contributed by atoms with Crippen LogP contribution in [0.1, 0.15) is 29.7 Å². The first-order valence-electron chi connectivity index (χ1n) is 9.01. The summed E-state index contributed by atoms with van der Waals surface area (Å²) in [6, 6.07) is 6.70. The van der Waals surface area contributed by atoms with Crippen molar-refractivity contribution in [1.82, 2.24) is 15.2 Å². The van der Waals surface area contributed by atoms with E-state index in [2.05, 4.69) is 17.2 Å². The molecule has 1 aromatic heterocycles. The van der Waals surface area contributed by atoms with Crippen LogP contribution in [0.3, 0.4) is 0 Å². The second kappa shape index (κ2) is 8.49. The zero-order valence-electron chi connectivity index (χ0n) is 15.2. The van der Waals surface area contributed by atoms with Crippen LogP contribution in [0.25, 0.3) is 0 Å². The van der Waals surface area contributed by atoms with Crippen molar-refractivity contribution in [3.05, 3.63) is 46.2 Å². The van der Waals surface area contributed by atoms with E-state index in [0.29, 0.717) is 18.8 Å². The third kappa shape index (κ3) is 4.52. The molecule has 1 aliphatic rings. The summed E-state index contributed by atoms with van der Waals surface area (Å²) >= 11 is 1.64. The molecule has 0 aliphatic carbocycles. The highest BCUT2D eigenvalue weighted by Gasteiger charge is 2.24. The molecule has 26 heavy (non-hydrogen) atoms. The quantitative estimate of drug-likeness (QED) is 0.866. The van der Waals surface area contributed by atoms with Gasteiger partial charge < -0.3 is 15.1 Å². The van der Waals surface area contributed by atoms with Gasteiger partial charge in [0.1, 0.15) is 10.8 Å². The predicted octanol–water partition coefficient (Wildman–Crippen LogP) is 3.66. The Morgan fingerprint density at radius 2 is 2.27 bits per heavy atom. The number of amides is 2. The molecule has 1 N–H and O–H groups in total. The Balaban J connectivity index is 1.55. The zero-order chi connectivity index (χ0) is 18.5. The Kier molecular flexibility index (Phi) is 6.08. The number of halogens is 1. The maximum Gasteiger partial charge on any atom is 0.317 e. The summed E-state index contributed by atoms with van der Waals surface area (Å²) in [4.78, 5) is 21.8. The predicted molar refractivity (Wildman–Crippen MR) is 103 cm³/mol. The van der Waals surface area contributed by atoms with Gasteiger partial charge in [-0.1, -0.05) is 19.1 Å². The van der Waals surface area contributed by atoms with E-state index < -0.39 is 0 Å². The van der Waals surface area contributed by atoms with E-state index in [1.165, 1.54) is 10.9 Å². The number of rotatable bonds is 5. The van der Waals surface area contributed by atoms with Crippen molar-refractivity contribution < 1.29 is 9.18 Å². The molecule has 0 radical (unpaired) electrons. The number of nitrogens with zero attached hydrogens (tertiary/aromatic N) is 3. The zero-order valence-corrected chi connectivity index (χ0v) is 16.1. The molecule has 0 spiro atoms. The monoisotopic (exact) mass is 376 g/mol. The van der Waals surface area contributed by atoms with Gasteiger partial charge in [-0.3, -0.25) is 0 Å². The second-order valence-corrected chi connectivity index (χ2v) is 7.82. The Morgan fingerprint density at radius 1 is 1.46 bits per heavy atom. The maximum atomic E-state index is 14.0. The highest BCUT2D eigenvalue weighted by atomic mass is 32.1. The fourth-order valence-electron chi connectivity index (χ4n) is 3.17. The first-order chi connectivity index (χ1) is 12.6. The SMILES string of the molecule is CCc1cnc(CN(C)C(=O)N[C@@H]2CCCN(c3ccccc3F)C2)s1. The van der Waals surface area contributed by atoms with Gasteiger partial charge in [-0.2, -0.15) is 0 Å². The number of carbonyl (C=O) groups excluding carboxylic acids is 1. The number of hydrogen-bond acceptors (Lipinski definition) is 4. The fourth-order valence-corrected chi connectivity index (χ4v) is 4.08. The van der Waals surface area contributed by atoms with E-state index in [1.54, 1.807) is 35.4 Å². The summed E-state index contributed by atoms with van der Waals surface area (Å²) in [6.07, 6.45) is 4.66. The number of thiazole rings is 1. The number of piperidine rings is 1. The van der Waals surface area contributed by atoms with Gasteiger partial charge in [0.25, 0.3) is 0 Å². The van der Waals surface area contributed by atoms with E-state index in [1.807, 2.05) is 17.2 Å². The Bertz CT molecular complexity index is 751. The summed E-state index contributed by atoms with van der Waals surface area (Å²) in [5.74, 6) is -0.216. The molecule has 140 valence electrons. The van der Waals surface area contributed by atoms with Gasteiger partial charge in [-0.25, -0.2) is 14.2 Å². The van der Waals surface area contributed by atoms with Crippen LogP contribution in [-0.4, -0.2) is 42.1 Å². The number of urea groups is 1. The van der Waals surface area contributed by atoms with E-state index in [9.17, 15) is 9.18 Å². The summed E-state index contributed by atoms with van der Waals surface area (Å²) in [7, 11) is 1.78. The Hall–Kier alpha value is -2.15. The van der Waals surface area contributed by atoms with Gasteiger partial charge in [0.05, 0.1) is 12.2 Å². The molecular weight excluding hydrogens is 351 g/mol. The molecule has 3 rings (SSSR count). The lowest BCUT2D eigenvalue weighted by Gasteiger charge is -2.35. The standard InChI is InChI=1S/C19H25FN4OS/c1-3-15-11-21-18(26-15)13-23(2)19(25)22-14-7-6-10-24(12-14)17-9-5-4-8-16(17)20/h4-5,8-9,11,14H,3,6-7,10,12-13H2,1-2H3,(H,22,25)/t14-/m1/s1. The van der Waals surface area contributed by atoms with Crippen LogP contribution in [0.15, 0.2) is 30.5 Å². The maximum absolute atomic E-state index is 14.0. The number of nitrogens with one attached hydrogen (secondary N) is 1. The lowest BCUT2D eigenvalue weighted by Crippen LogP contribution is -2.51. The topological polar surface area (TPSA) is 48.5 Å². The van der Waals surface area contributed by atoms with Gasteiger partial charge >= 0.3 is 6.03 Å². The number of aromatic nitrogens is 1. The minimum Gasteiger partial charge on any atom is -0.367 e. The largest absolute Gasteiger partial charge is 0.367 e. The lowest BCUT2D eigenvalue weighted by molar-refractivity contribution is 0.200. The minimum atomic E-state index is -0.216. The number of hydrogen-bond donors (Lipinski definition) is 1. The molecule has 0 saturated carbocycles. The molecule has 1 atom stereocenters. The van der Waals surface area contributed by atoms with Gasteiger partial charge in [-0.15, -0.1) is 11.3 Å².